The Morgan fingerprint density at radius 3 is 2.33 bits per heavy atom. The van der Waals surface area contributed by atoms with Crippen molar-refractivity contribution in [2.75, 3.05) is 30.3 Å². The monoisotopic (exact) mass is 631 g/mol. The zero-order valence-corrected chi connectivity index (χ0v) is 25.6. The van der Waals surface area contributed by atoms with Crippen molar-refractivity contribution in [3.8, 4) is 28.1 Å². The molecular weight excluding hydrogens is 595 g/mol. The van der Waals surface area contributed by atoms with E-state index in [1.165, 1.54) is 12.1 Å². The third-order valence-electron chi connectivity index (χ3n) is 9.31. The minimum atomic E-state index is -4.78. The smallest absolute Gasteiger partial charge is 0.429 e. The third-order valence-corrected chi connectivity index (χ3v) is 9.31. The van der Waals surface area contributed by atoms with Crippen LogP contribution in [0, 0.1) is 19.3 Å². The van der Waals surface area contributed by atoms with Gasteiger partial charge in [-0.3, -0.25) is 4.79 Å². The second-order valence-corrected chi connectivity index (χ2v) is 12.4. The Kier molecular flexibility index (Phi) is 8.37. The molecule has 6 rings (SSSR count). The van der Waals surface area contributed by atoms with Crippen molar-refractivity contribution in [3.63, 3.8) is 0 Å². The Morgan fingerprint density at radius 2 is 1.67 bits per heavy atom. The Hall–Kier alpha value is -4.64. The molecule has 3 aromatic carbocycles. The molecule has 11 heteroatoms. The van der Waals surface area contributed by atoms with Gasteiger partial charge in [0.05, 0.1) is 0 Å². The number of aryl methyl sites for hydroxylation is 2. The summed E-state index contributed by atoms with van der Waals surface area (Å²) in [6.07, 6.45) is -5.15. The van der Waals surface area contributed by atoms with E-state index >= 15 is 0 Å². The Balaban J connectivity index is 1.31. The quantitative estimate of drug-likeness (QED) is 0.206. The minimum absolute atomic E-state index is 0.0494. The number of nitrogens with one attached hydrogen (secondary N) is 1. The molecule has 3 heterocycles. The number of aromatic nitrogens is 2. The number of alkyl halides is 3. The second-order valence-electron chi connectivity index (χ2n) is 12.4. The number of carboxylic acid groups (broad SMARTS) is 1. The van der Waals surface area contributed by atoms with Crippen LogP contribution in [-0.4, -0.2) is 52.9 Å². The molecule has 0 amide bonds. The van der Waals surface area contributed by atoms with E-state index in [0.717, 1.165) is 22.3 Å². The number of halogens is 3. The summed E-state index contributed by atoms with van der Waals surface area (Å²) in [5.41, 5.74) is 10.7. The first-order chi connectivity index (χ1) is 21.9. The minimum Gasteiger partial charge on any atom is -0.480 e. The van der Waals surface area contributed by atoms with E-state index in [1.54, 1.807) is 36.4 Å². The van der Waals surface area contributed by atoms with Gasteiger partial charge in [0.15, 0.2) is 0 Å². The van der Waals surface area contributed by atoms with Gasteiger partial charge in [-0.2, -0.15) is 23.1 Å². The lowest BCUT2D eigenvalue weighted by atomic mass is 9.76. The molecule has 2 fully saturated rings. The zero-order valence-electron chi connectivity index (χ0n) is 25.6. The number of hydrogen-bond acceptors (Lipinski definition) is 7. The number of piperidine rings is 1. The Bertz CT molecular complexity index is 1740. The number of nitrogens with two attached hydrogens (primary N) is 1. The van der Waals surface area contributed by atoms with Crippen LogP contribution >= 0.6 is 0 Å². The standard InChI is InChI=1S/C35H36F3N5O3/c1-21-8-9-24(16-22(21)2)25-10-11-26(27(17-25)23-6-4-3-5-7-23)31(35(36,37)38)46-30-18-29(41-33(39)42-30)43-14-12-34(13-15-43)19-28(32(44)45)40-20-34/h3-11,16-18,28,31,40H,12-15,19-20H2,1-2H3,(H,44,45)(H2,39,41,42)/t28?,31-/m1/s1. The summed E-state index contributed by atoms with van der Waals surface area (Å²) in [6, 6.07) is 20.7. The molecule has 1 aromatic heterocycles. The Morgan fingerprint density at radius 1 is 0.978 bits per heavy atom. The molecule has 8 nitrogen and oxygen atoms in total. The van der Waals surface area contributed by atoms with E-state index in [9.17, 15) is 23.1 Å². The SMILES string of the molecule is Cc1ccc(-c2ccc([C@@H](Oc3cc(N4CCC5(CC4)CNC(C(=O)O)C5)nc(N)n3)C(F)(F)F)c(-c3ccccc3)c2)cc1C. The molecule has 1 spiro atoms. The molecule has 0 radical (unpaired) electrons. The second kappa shape index (κ2) is 12.3. The van der Waals surface area contributed by atoms with E-state index in [-0.39, 0.29) is 22.8 Å². The maximum atomic E-state index is 14.9. The molecule has 240 valence electrons. The van der Waals surface area contributed by atoms with Gasteiger partial charge in [0.1, 0.15) is 11.9 Å². The fourth-order valence-corrected chi connectivity index (χ4v) is 6.52. The fourth-order valence-electron chi connectivity index (χ4n) is 6.52. The van der Waals surface area contributed by atoms with Gasteiger partial charge in [-0.1, -0.05) is 60.7 Å². The van der Waals surface area contributed by atoms with Crippen LogP contribution in [0.25, 0.3) is 22.3 Å². The lowest BCUT2D eigenvalue weighted by molar-refractivity contribution is -0.198. The van der Waals surface area contributed by atoms with Crippen molar-refractivity contribution < 1.29 is 27.8 Å². The summed E-state index contributed by atoms with van der Waals surface area (Å²) in [6.45, 7) is 5.72. The fraction of sp³-hybridized carbons (Fsp3) is 0.343. The van der Waals surface area contributed by atoms with Crippen LogP contribution in [-0.2, 0) is 4.79 Å². The number of aliphatic carboxylic acids is 1. The lowest BCUT2D eigenvalue weighted by Crippen LogP contribution is -2.41. The summed E-state index contributed by atoms with van der Waals surface area (Å²) in [7, 11) is 0. The van der Waals surface area contributed by atoms with Gasteiger partial charge in [0.2, 0.25) is 17.9 Å². The van der Waals surface area contributed by atoms with E-state index < -0.39 is 24.3 Å². The molecule has 0 bridgehead atoms. The van der Waals surface area contributed by atoms with Crippen LogP contribution in [0.5, 0.6) is 5.88 Å². The molecule has 4 N–H and O–H groups in total. The summed E-state index contributed by atoms with van der Waals surface area (Å²) in [4.78, 5) is 21.7. The third kappa shape index (κ3) is 6.50. The molecule has 4 aromatic rings. The molecule has 0 saturated carbocycles. The number of carbonyl (C=O) groups is 1. The van der Waals surface area contributed by atoms with Crippen molar-refractivity contribution in [2.24, 2.45) is 5.41 Å². The number of nitrogens with zero attached hydrogens (tertiary/aromatic N) is 3. The summed E-state index contributed by atoms with van der Waals surface area (Å²) < 4.78 is 50.3. The first kappa shape index (κ1) is 31.3. The van der Waals surface area contributed by atoms with Crippen LogP contribution in [0.15, 0.2) is 72.8 Å². The van der Waals surface area contributed by atoms with Crippen molar-refractivity contribution >= 4 is 17.7 Å². The van der Waals surface area contributed by atoms with Crippen molar-refractivity contribution in [1.29, 1.82) is 0 Å². The van der Waals surface area contributed by atoms with E-state index in [4.69, 9.17) is 10.5 Å². The van der Waals surface area contributed by atoms with Crippen LogP contribution in [0.1, 0.15) is 42.1 Å². The average molecular weight is 632 g/mol. The number of anilines is 2. The van der Waals surface area contributed by atoms with E-state index in [1.807, 2.05) is 43.0 Å². The number of ether oxygens (including phenoxy) is 1. The van der Waals surface area contributed by atoms with E-state index in [0.29, 0.717) is 55.8 Å². The predicted octanol–water partition coefficient (Wildman–Crippen LogP) is 6.73. The molecule has 46 heavy (non-hydrogen) atoms. The van der Waals surface area contributed by atoms with Gasteiger partial charge in [-0.15, -0.1) is 0 Å². The largest absolute Gasteiger partial charge is 0.480 e. The van der Waals surface area contributed by atoms with Crippen LogP contribution in [0.3, 0.4) is 0 Å². The van der Waals surface area contributed by atoms with Gasteiger partial charge in [-0.25, -0.2) is 0 Å². The topological polar surface area (TPSA) is 114 Å². The van der Waals surface area contributed by atoms with Crippen LogP contribution in [0.4, 0.5) is 24.9 Å². The lowest BCUT2D eigenvalue weighted by Gasteiger charge is -2.39. The highest BCUT2D eigenvalue weighted by Crippen LogP contribution is 2.44. The van der Waals surface area contributed by atoms with Crippen LogP contribution in [0.2, 0.25) is 0 Å². The van der Waals surface area contributed by atoms with Gasteiger partial charge in [0, 0.05) is 31.3 Å². The van der Waals surface area contributed by atoms with Gasteiger partial charge in [-0.05, 0) is 78.0 Å². The van der Waals surface area contributed by atoms with Crippen molar-refractivity contribution in [2.45, 2.75) is 51.4 Å². The predicted molar refractivity (Wildman–Crippen MR) is 171 cm³/mol. The van der Waals surface area contributed by atoms with Crippen LogP contribution < -0.4 is 20.7 Å². The molecule has 2 saturated heterocycles. The van der Waals surface area contributed by atoms with Gasteiger partial charge in [0.25, 0.3) is 0 Å². The highest BCUT2D eigenvalue weighted by molar-refractivity contribution is 5.76. The highest BCUT2D eigenvalue weighted by atomic mass is 19.4. The first-order valence-corrected chi connectivity index (χ1v) is 15.3. The normalized spacial score (nSPS) is 18.5. The summed E-state index contributed by atoms with van der Waals surface area (Å²) >= 11 is 0. The van der Waals surface area contributed by atoms with Crippen molar-refractivity contribution in [1.82, 2.24) is 15.3 Å². The number of carboxylic acids is 1. The average Bonchev–Trinajstić information content (AvgIpc) is 3.45. The Labute approximate surface area is 265 Å². The maximum Gasteiger partial charge on any atom is 0.429 e. The number of benzene rings is 3. The molecule has 0 aliphatic carbocycles. The van der Waals surface area contributed by atoms with Gasteiger partial charge < -0.3 is 25.8 Å². The first-order valence-electron chi connectivity index (χ1n) is 15.3. The molecule has 2 aliphatic heterocycles. The molecular formula is C35H36F3N5O3. The maximum absolute atomic E-state index is 14.9. The highest BCUT2D eigenvalue weighted by Gasteiger charge is 2.46. The molecule has 2 atom stereocenters. The van der Waals surface area contributed by atoms with Gasteiger partial charge >= 0.3 is 12.1 Å². The molecule has 2 aliphatic rings. The summed E-state index contributed by atoms with van der Waals surface area (Å²) in [5.74, 6) is -0.974. The van der Waals surface area contributed by atoms with Crippen molar-refractivity contribution in [3.05, 3.63) is 89.5 Å². The number of rotatable bonds is 7. The number of nitrogen functional groups attached to an aromatic ring is 1. The number of hydrogen-bond donors (Lipinski definition) is 3. The zero-order chi connectivity index (χ0) is 32.6. The summed E-state index contributed by atoms with van der Waals surface area (Å²) in [5, 5.41) is 12.5. The van der Waals surface area contributed by atoms with E-state index in [2.05, 4.69) is 15.3 Å². The molecule has 1 unspecified atom stereocenters.